The Bertz CT molecular complexity index is 814. The highest BCUT2D eigenvalue weighted by molar-refractivity contribution is 9.10. The molecule has 0 bridgehead atoms. The molecule has 2 N–H and O–H groups in total. The summed E-state index contributed by atoms with van der Waals surface area (Å²) in [6.45, 7) is 1.95. The van der Waals surface area contributed by atoms with Gasteiger partial charge in [-0.3, -0.25) is 0 Å². The van der Waals surface area contributed by atoms with Crippen LogP contribution in [0, 0.1) is 6.92 Å². The molecule has 0 atom stereocenters. The predicted octanol–water partition coefficient (Wildman–Crippen LogP) is 5.32. The van der Waals surface area contributed by atoms with Crippen molar-refractivity contribution in [1.29, 1.82) is 0 Å². The molecule has 0 aliphatic rings. The van der Waals surface area contributed by atoms with E-state index >= 15 is 0 Å². The van der Waals surface area contributed by atoms with Crippen LogP contribution in [0.5, 0.6) is 0 Å². The van der Waals surface area contributed by atoms with Crippen LogP contribution in [0.2, 0.25) is 5.02 Å². The van der Waals surface area contributed by atoms with E-state index in [0.29, 0.717) is 10.7 Å². The third-order valence-electron chi connectivity index (χ3n) is 3.31. The molecule has 3 aromatic rings. The van der Waals surface area contributed by atoms with Crippen molar-refractivity contribution in [2.75, 3.05) is 5.73 Å². The van der Waals surface area contributed by atoms with Crippen LogP contribution >= 0.6 is 27.5 Å². The fraction of sp³-hybridized carbons (Fsp3) is 0.0625. The van der Waals surface area contributed by atoms with Gasteiger partial charge >= 0.3 is 0 Å². The van der Waals surface area contributed by atoms with Gasteiger partial charge < -0.3 is 10.3 Å². The summed E-state index contributed by atoms with van der Waals surface area (Å²) in [4.78, 5) is 0. The predicted molar refractivity (Wildman–Crippen MR) is 89.2 cm³/mol. The maximum atomic E-state index is 6.40. The van der Waals surface area contributed by atoms with E-state index in [1.165, 1.54) is 0 Å². The van der Waals surface area contributed by atoms with E-state index in [1.54, 1.807) is 0 Å². The Hall–Kier alpha value is -1.78. The topological polar surface area (TPSA) is 52.0 Å². The Labute approximate surface area is 135 Å². The molecule has 2 aromatic carbocycles. The van der Waals surface area contributed by atoms with Crippen LogP contribution in [-0.4, -0.2) is 5.16 Å². The van der Waals surface area contributed by atoms with Crippen molar-refractivity contribution >= 4 is 33.4 Å². The molecule has 5 heteroatoms. The van der Waals surface area contributed by atoms with E-state index in [0.717, 1.165) is 26.7 Å². The first-order valence-corrected chi connectivity index (χ1v) is 7.52. The molecule has 21 heavy (non-hydrogen) atoms. The number of hydrogen-bond acceptors (Lipinski definition) is 3. The second-order valence-corrected chi connectivity index (χ2v) is 5.92. The van der Waals surface area contributed by atoms with Crippen LogP contribution in [-0.2, 0) is 0 Å². The number of nitrogens with two attached hydrogens (primary N) is 1. The first-order chi connectivity index (χ1) is 10.1. The smallest absolute Gasteiger partial charge is 0.230 e. The van der Waals surface area contributed by atoms with Crippen molar-refractivity contribution in [3.05, 3.63) is 57.5 Å². The fourth-order valence-corrected chi connectivity index (χ4v) is 2.94. The van der Waals surface area contributed by atoms with Gasteiger partial charge in [-0.15, -0.1) is 0 Å². The summed E-state index contributed by atoms with van der Waals surface area (Å²) in [7, 11) is 0. The molecule has 0 amide bonds. The molecule has 0 saturated heterocycles. The number of benzene rings is 2. The van der Waals surface area contributed by atoms with Gasteiger partial charge in [0.2, 0.25) is 5.88 Å². The molecule has 0 fully saturated rings. The monoisotopic (exact) mass is 362 g/mol. The lowest BCUT2D eigenvalue weighted by Gasteiger charge is -2.08. The molecule has 0 unspecified atom stereocenters. The zero-order chi connectivity index (χ0) is 15.0. The summed E-state index contributed by atoms with van der Waals surface area (Å²) in [6.07, 6.45) is 0. The standard InChI is InChI=1S/C16H12BrClN2O/c1-9-5-4-7-11(14(9)18)15-13(16(19)21-20-15)10-6-2-3-8-12(10)17/h2-8H,19H2,1H3. The Morgan fingerprint density at radius 1 is 1.10 bits per heavy atom. The lowest BCUT2D eigenvalue weighted by Crippen LogP contribution is -1.90. The third kappa shape index (κ3) is 2.45. The molecule has 0 aliphatic heterocycles. The normalized spacial score (nSPS) is 10.8. The minimum atomic E-state index is 0.273. The van der Waals surface area contributed by atoms with Crippen LogP contribution in [0.15, 0.2) is 51.5 Å². The zero-order valence-corrected chi connectivity index (χ0v) is 13.6. The number of hydrogen-bond donors (Lipinski definition) is 1. The molecular weight excluding hydrogens is 352 g/mol. The molecule has 0 spiro atoms. The summed E-state index contributed by atoms with van der Waals surface area (Å²) in [6, 6.07) is 13.6. The molecule has 0 aliphatic carbocycles. The van der Waals surface area contributed by atoms with Gasteiger partial charge in [0.25, 0.3) is 0 Å². The van der Waals surface area contributed by atoms with E-state index in [2.05, 4.69) is 21.1 Å². The van der Waals surface area contributed by atoms with Crippen LogP contribution in [0.4, 0.5) is 5.88 Å². The first kappa shape index (κ1) is 14.2. The molecule has 0 saturated carbocycles. The van der Waals surface area contributed by atoms with Gasteiger partial charge in [0.05, 0.1) is 10.6 Å². The maximum Gasteiger partial charge on any atom is 0.230 e. The third-order valence-corrected chi connectivity index (χ3v) is 4.50. The number of aromatic nitrogens is 1. The molecule has 3 nitrogen and oxygen atoms in total. The maximum absolute atomic E-state index is 6.40. The van der Waals surface area contributed by atoms with E-state index in [1.807, 2.05) is 49.4 Å². The first-order valence-electron chi connectivity index (χ1n) is 6.35. The molecule has 0 radical (unpaired) electrons. The fourth-order valence-electron chi connectivity index (χ4n) is 2.24. The second kappa shape index (κ2) is 5.54. The molecule has 3 rings (SSSR count). The minimum Gasteiger partial charge on any atom is -0.367 e. The zero-order valence-electron chi connectivity index (χ0n) is 11.2. The van der Waals surface area contributed by atoms with Gasteiger partial charge in [0.1, 0.15) is 5.69 Å². The average molecular weight is 364 g/mol. The Balaban J connectivity index is 2.28. The molecule has 106 valence electrons. The minimum absolute atomic E-state index is 0.273. The van der Waals surface area contributed by atoms with E-state index < -0.39 is 0 Å². The van der Waals surface area contributed by atoms with E-state index in [9.17, 15) is 0 Å². The number of halogens is 2. The van der Waals surface area contributed by atoms with Gasteiger partial charge in [-0.25, -0.2) is 0 Å². The number of aryl methyl sites for hydroxylation is 1. The molecular formula is C16H12BrClN2O. The highest BCUT2D eigenvalue weighted by Gasteiger charge is 2.21. The van der Waals surface area contributed by atoms with Crippen LogP contribution in [0.25, 0.3) is 22.4 Å². The van der Waals surface area contributed by atoms with Crippen molar-refractivity contribution in [1.82, 2.24) is 5.16 Å². The summed E-state index contributed by atoms with van der Waals surface area (Å²) in [5.74, 6) is 0.273. The highest BCUT2D eigenvalue weighted by Crippen LogP contribution is 2.42. The number of nitrogens with zero attached hydrogens (tertiary/aromatic N) is 1. The largest absolute Gasteiger partial charge is 0.367 e. The van der Waals surface area contributed by atoms with Crippen molar-refractivity contribution < 1.29 is 4.52 Å². The van der Waals surface area contributed by atoms with Gasteiger partial charge in [0, 0.05) is 15.6 Å². The number of anilines is 1. The van der Waals surface area contributed by atoms with Crippen molar-refractivity contribution in [2.45, 2.75) is 6.92 Å². The molecule has 1 heterocycles. The lowest BCUT2D eigenvalue weighted by atomic mass is 10.00. The average Bonchev–Trinajstić information content (AvgIpc) is 2.84. The van der Waals surface area contributed by atoms with Crippen molar-refractivity contribution in [3.63, 3.8) is 0 Å². The summed E-state index contributed by atoms with van der Waals surface area (Å²) in [5.41, 5.74) is 10.1. The summed E-state index contributed by atoms with van der Waals surface area (Å²) >= 11 is 9.94. The lowest BCUT2D eigenvalue weighted by molar-refractivity contribution is 0.439. The Morgan fingerprint density at radius 2 is 1.81 bits per heavy atom. The van der Waals surface area contributed by atoms with Gasteiger partial charge in [0.15, 0.2) is 0 Å². The second-order valence-electron chi connectivity index (χ2n) is 4.69. The SMILES string of the molecule is Cc1cccc(-c2noc(N)c2-c2ccccc2Br)c1Cl. The van der Waals surface area contributed by atoms with E-state index in [4.69, 9.17) is 21.9 Å². The van der Waals surface area contributed by atoms with Gasteiger partial charge in [-0.1, -0.05) is 69.1 Å². The van der Waals surface area contributed by atoms with Crippen LogP contribution < -0.4 is 5.73 Å². The quantitative estimate of drug-likeness (QED) is 0.671. The summed E-state index contributed by atoms with van der Waals surface area (Å²) in [5, 5.41) is 4.75. The Morgan fingerprint density at radius 3 is 2.57 bits per heavy atom. The number of nitrogen functional groups attached to an aromatic ring is 1. The van der Waals surface area contributed by atoms with Crippen LogP contribution in [0.3, 0.4) is 0 Å². The summed E-state index contributed by atoms with van der Waals surface area (Å²) < 4.78 is 6.12. The van der Waals surface area contributed by atoms with E-state index in [-0.39, 0.29) is 5.88 Å². The van der Waals surface area contributed by atoms with Crippen molar-refractivity contribution in [2.24, 2.45) is 0 Å². The van der Waals surface area contributed by atoms with Gasteiger partial charge in [-0.05, 0) is 18.6 Å². The Kier molecular flexibility index (Phi) is 3.74. The number of rotatable bonds is 2. The van der Waals surface area contributed by atoms with Crippen molar-refractivity contribution in [3.8, 4) is 22.4 Å². The van der Waals surface area contributed by atoms with Crippen LogP contribution in [0.1, 0.15) is 5.56 Å². The molecule has 1 aromatic heterocycles. The highest BCUT2D eigenvalue weighted by atomic mass is 79.9. The van der Waals surface area contributed by atoms with Gasteiger partial charge in [-0.2, -0.15) is 0 Å².